The van der Waals surface area contributed by atoms with Crippen LogP contribution in [0.3, 0.4) is 0 Å². The van der Waals surface area contributed by atoms with E-state index in [1.807, 2.05) is 53.3 Å². The molecule has 0 unspecified atom stereocenters. The highest BCUT2D eigenvalue weighted by molar-refractivity contribution is 6.09. The van der Waals surface area contributed by atoms with E-state index in [1.165, 1.54) is 19.3 Å². The van der Waals surface area contributed by atoms with Gasteiger partial charge in [0.05, 0.1) is 11.0 Å². The first-order valence-electron chi connectivity index (χ1n) is 11.7. The van der Waals surface area contributed by atoms with Crippen LogP contribution in [0.5, 0.6) is 11.5 Å². The van der Waals surface area contributed by atoms with Crippen molar-refractivity contribution in [3.8, 4) is 22.8 Å². The lowest BCUT2D eigenvalue weighted by Gasteiger charge is -2.22. The number of nitrogens with zero attached hydrogens (tertiary/aromatic N) is 3. The Morgan fingerprint density at radius 3 is 2.55 bits per heavy atom. The molecule has 6 rings (SSSR count). The zero-order valence-corrected chi connectivity index (χ0v) is 18.4. The maximum absolute atomic E-state index is 13.0. The molecule has 3 heterocycles. The van der Waals surface area contributed by atoms with Crippen LogP contribution in [0.25, 0.3) is 33.1 Å². The van der Waals surface area contributed by atoms with E-state index in [-0.39, 0.29) is 18.5 Å². The van der Waals surface area contributed by atoms with Gasteiger partial charge in [0.1, 0.15) is 25.5 Å². The molecule has 33 heavy (non-hydrogen) atoms. The summed E-state index contributed by atoms with van der Waals surface area (Å²) in [4.78, 5) is 17.7. The zero-order chi connectivity index (χ0) is 22.2. The van der Waals surface area contributed by atoms with Crippen molar-refractivity contribution in [3.05, 3.63) is 48.7 Å². The van der Waals surface area contributed by atoms with Crippen LogP contribution in [0.2, 0.25) is 0 Å². The van der Waals surface area contributed by atoms with Crippen molar-refractivity contribution < 1.29 is 14.3 Å². The SMILES string of the molecule is O=C(Cn1nc(-c2ccccc2)c2cnc3cc4c(cc3c21)OCCO4)NC1CCCCC1. The molecule has 1 N–H and O–H groups in total. The van der Waals surface area contributed by atoms with Crippen LogP contribution >= 0.6 is 0 Å². The molecule has 0 bridgehead atoms. The van der Waals surface area contributed by atoms with Gasteiger partial charge in [-0.25, -0.2) is 0 Å². The van der Waals surface area contributed by atoms with Gasteiger partial charge < -0.3 is 14.8 Å². The molecule has 1 aliphatic heterocycles. The fraction of sp³-hybridized carbons (Fsp3) is 0.346. The summed E-state index contributed by atoms with van der Waals surface area (Å²) in [5.74, 6) is 1.39. The molecule has 7 nitrogen and oxygen atoms in total. The number of pyridine rings is 1. The van der Waals surface area contributed by atoms with Gasteiger partial charge in [-0.3, -0.25) is 14.5 Å². The second-order valence-corrected chi connectivity index (χ2v) is 8.81. The number of aromatic nitrogens is 3. The number of hydrogen-bond donors (Lipinski definition) is 1. The van der Waals surface area contributed by atoms with Crippen molar-refractivity contribution in [2.75, 3.05) is 13.2 Å². The zero-order valence-electron chi connectivity index (χ0n) is 18.4. The number of carbonyl (C=O) groups is 1. The molecular weight excluding hydrogens is 416 g/mol. The highest BCUT2D eigenvalue weighted by Gasteiger charge is 2.22. The largest absolute Gasteiger partial charge is 0.486 e. The summed E-state index contributed by atoms with van der Waals surface area (Å²) in [6, 6.07) is 14.2. The van der Waals surface area contributed by atoms with Crippen molar-refractivity contribution >= 4 is 27.7 Å². The quantitative estimate of drug-likeness (QED) is 0.505. The predicted molar refractivity (Wildman–Crippen MR) is 126 cm³/mol. The topological polar surface area (TPSA) is 78.3 Å². The lowest BCUT2D eigenvalue weighted by atomic mass is 9.95. The number of ether oxygens (including phenoxy) is 2. The lowest BCUT2D eigenvalue weighted by molar-refractivity contribution is -0.122. The van der Waals surface area contributed by atoms with Gasteiger partial charge in [-0.15, -0.1) is 0 Å². The molecule has 1 aliphatic carbocycles. The summed E-state index contributed by atoms with van der Waals surface area (Å²) in [5.41, 5.74) is 3.49. The van der Waals surface area contributed by atoms with Gasteiger partial charge >= 0.3 is 0 Å². The number of fused-ring (bicyclic) bond motifs is 4. The molecule has 0 saturated heterocycles. The normalized spacial score (nSPS) is 16.2. The number of carbonyl (C=O) groups excluding carboxylic acids is 1. The Balaban J connectivity index is 1.47. The lowest BCUT2D eigenvalue weighted by Crippen LogP contribution is -2.38. The average molecular weight is 443 g/mol. The minimum atomic E-state index is -0.00610. The first-order valence-corrected chi connectivity index (χ1v) is 11.7. The van der Waals surface area contributed by atoms with Crippen LogP contribution in [0, 0.1) is 0 Å². The number of benzene rings is 2. The van der Waals surface area contributed by atoms with Crippen LogP contribution in [0.4, 0.5) is 0 Å². The first-order chi connectivity index (χ1) is 16.3. The molecule has 168 valence electrons. The summed E-state index contributed by atoms with van der Waals surface area (Å²) in [7, 11) is 0. The van der Waals surface area contributed by atoms with Crippen LogP contribution in [-0.2, 0) is 11.3 Å². The van der Waals surface area contributed by atoms with Crippen LogP contribution in [0.1, 0.15) is 32.1 Å². The van der Waals surface area contributed by atoms with Crippen LogP contribution in [-0.4, -0.2) is 39.9 Å². The second-order valence-electron chi connectivity index (χ2n) is 8.81. The Hall–Kier alpha value is -3.61. The van der Waals surface area contributed by atoms with Gasteiger partial charge in [0.2, 0.25) is 5.91 Å². The van der Waals surface area contributed by atoms with Crippen molar-refractivity contribution in [1.82, 2.24) is 20.1 Å². The van der Waals surface area contributed by atoms with Crippen LogP contribution in [0.15, 0.2) is 48.7 Å². The standard InChI is InChI=1S/C26H26N4O3/c31-24(28-18-9-5-2-6-10-18)16-30-26-19-13-22-23(33-12-11-32-22)14-21(19)27-15-20(26)25(29-30)17-7-3-1-4-8-17/h1,3-4,7-8,13-15,18H,2,5-6,9-12,16H2,(H,28,31). The molecule has 2 aliphatic rings. The third-order valence-corrected chi connectivity index (χ3v) is 6.55. The molecule has 2 aromatic carbocycles. The highest BCUT2D eigenvalue weighted by Crippen LogP contribution is 2.38. The Bertz CT molecular complexity index is 1330. The van der Waals surface area contributed by atoms with E-state index < -0.39 is 0 Å². The molecule has 2 aromatic heterocycles. The fourth-order valence-corrected chi connectivity index (χ4v) is 4.97. The van der Waals surface area contributed by atoms with Gasteiger partial charge in [-0.1, -0.05) is 49.6 Å². The molecule has 0 radical (unpaired) electrons. The van der Waals surface area contributed by atoms with E-state index in [9.17, 15) is 4.79 Å². The van der Waals surface area contributed by atoms with Gasteiger partial charge in [-0.05, 0) is 18.9 Å². The van der Waals surface area contributed by atoms with Crippen molar-refractivity contribution in [1.29, 1.82) is 0 Å². The Morgan fingerprint density at radius 1 is 1.00 bits per heavy atom. The van der Waals surface area contributed by atoms with Gasteiger partial charge in [-0.2, -0.15) is 5.10 Å². The minimum Gasteiger partial charge on any atom is -0.486 e. The maximum atomic E-state index is 13.0. The van der Waals surface area contributed by atoms with Crippen molar-refractivity contribution in [2.24, 2.45) is 0 Å². The summed E-state index contributed by atoms with van der Waals surface area (Å²) in [6.45, 7) is 1.20. The van der Waals surface area contributed by atoms with E-state index in [1.54, 1.807) is 0 Å². The predicted octanol–water partition coefficient (Wildman–Crippen LogP) is 4.47. The first kappa shape index (κ1) is 20.0. The van der Waals surface area contributed by atoms with Crippen molar-refractivity contribution in [3.63, 3.8) is 0 Å². The number of amides is 1. The monoisotopic (exact) mass is 442 g/mol. The molecule has 4 aromatic rings. The van der Waals surface area contributed by atoms with E-state index >= 15 is 0 Å². The molecule has 1 amide bonds. The third kappa shape index (κ3) is 3.77. The summed E-state index contributed by atoms with van der Waals surface area (Å²) < 4.78 is 13.4. The van der Waals surface area contributed by atoms with Gasteiger partial charge in [0.15, 0.2) is 11.5 Å². The Morgan fingerprint density at radius 2 is 1.76 bits per heavy atom. The smallest absolute Gasteiger partial charge is 0.241 e. The number of rotatable bonds is 4. The van der Waals surface area contributed by atoms with Crippen molar-refractivity contribution in [2.45, 2.75) is 44.7 Å². The summed E-state index contributed by atoms with van der Waals surface area (Å²) >= 11 is 0. The minimum absolute atomic E-state index is 0.00610. The number of hydrogen-bond acceptors (Lipinski definition) is 5. The maximum Gasteiger partial charge on any atom is 0.241 e. The Kier molecular flexibility index (Phi) is 5.09. The van der Waals surface area contributed by atoms with E-state index in [0.717, 1.165) is 45.9 Å². The molecular formula is C26H26N4O3. The number of nitrogens with one attached hydrogen (secondary N) is 1. The Labute approximate surface area is 191 Å². The van der Waals surface area contributed by atoms with Gasteiger partial charge in [0.25, 0.3) is 0 Å². The van der Waals surface area contributed by atoms with Crippen LogP contribution < -0.4 is 14.8 Å². The van der Waals surface area contributed by atoms with E-state index in [4.69, 9.17) is 19.6 Å². The molecule has 0 spiro atoms. The molecule has 7 heteroatoms. The summed E-state index contributed by atoms with van der Waals surface area (Å²) in [5, 5.41) is 9.93. The molecule has 0 atom stereocenters. The van der Waals surface area contributed by atoms with E-state index in [0.29, 0.717) is 24.7 Å². The summed E-state index contributed by atoms with van der Waals surface area (Å²) in [6.07, 6.45) is 7.56. The average Bonchev–Trinajstić information content (AvgIpc) is 3.22. The second kappa shape index (κ2) is 8.39. The molecule has 1 saturated carbocycles. The van der Waals surface area contributed by atoms with Gasteiger partial charge in [0, 0.05) is 34.6 Å². The van der Waals surface area contributed by atoms with E-state index in [2.05, 4.69) is 5.32 Å². The third-order valence-electron chi connectivity index (χ3n) is 6.55. The fourth-order valence-electron chi connectivity index (χ4n) is 4.97. The molecule has 1 fully saturated rings. The highest BCUT2D eigenvalue weighted by atomic mass is 16.6.